The molecule has 11 heterocycles. The van der Waals surface area contributed by atoms with Crippen LogP contribution >= 0.6 is 78.9 Å². The van der Waals surface area contributed by atoms with E-state index in [1.807, 2.05) is 68.3 Å². The number of hydrogen-bond donors (Lipinski definition) is 4. The van der Waals surface area contributed by atoms with Crippen LogP contribution in [0.3, 0.4) is 0 Å². The molecule has 4 fully saturated rings. The van der Waals surface area contributed by atoms with E-state index < -0.39 is 17.1 Å². The Hall–Kier alpha value is -8.42. The fraction of sp³-hybridized carbons (Fsp3) is 0.275. The third kappa shape index (κ3) is 25.7. The van der Waals surface area contributed by atoms with E-state index in [0.717, 1.165) is 108 Å². The third-order valence-electron chi connectivity index (χ3n) is 15.4. The van der Waals surface area contributed by atoms with Crippen molar-refractivity contribution in [3.05, 3.63) is 213 Å². The average molecular weight is 1630 g/mol. The van der Waals surface area contributed by atoms with Crippen molar-refractivity contribution in [3.63, 3.8) is 0 Å². The number of imidazole rings is 2. The number of aromatic nitrogens is 15. The third-order valence-corrected chi connectivity index (χ3v) is 16.3. The number of fused-ring (bicyclic) bond motifs is 5. The SMILES string of the molecule is C.C.C=CC(=O)OC.COC(=O)/C=C/c1ncccc1N.Cl.Clc1ccc2ncccc2n1.NC1CC(n2c(=O)n(C3CC3)c3nccnc32)C1.Nc1cccnc1Br.O=C1C=Cc2ncccc2C1.O=P(Cl)(Cl)Cl.O=c1n(C2CC2)c2nccnc2n1C1CC(Nc2ccc3ncccc3n2)C1.[Na+].[OH-]. The van der Waals surface area contributed by atoms with Crippen molar-refractivity contribution in [3.8, 4) is 0 Å². The summed E-state index contributed by atoms with van der Waals surface area (Å²) in [5.41, 5.74) is 26.9. The van der Waals surface area contributed by atoms with E-state index in [9.17, 15) is 28.5 Å². The number of methoxy groups -OCH3 is 2. The fourth-order valence-electron chi connectivity index (χ4n) is 10.3. The minimum Gasteiger partial charge on any atom is -0.870 e. The van der Waals surface area contributed by atoms with Gasteiger partial charge in [0.1, 0.15) is 15.6 Å². The summed E-state index contributed by atoms with van der Waals surface area (Å²) in [5, 5.41) is 0.765. The Morgan fingerprint density at radius 2 is 1.04 bits per heavy atom. The van der Waals surface area contributed by atoms with Gasteiger partial charge in [0.15, 0.2) is 28.4 Å². The van der Waals surface area contributed by atoms with Crippen molar-refractivity contribution in [2.75, 3.05) is 31.0 Å². The van der Waals surface area contributed by atoms with Crippen molar-refractivity contribution in [1.82, 2.24) is 73.1 Å². The maximum atomic E-state index is 13.0. The first kappa shape index (κ1) is 89.0. The monoisotopic (exact) mass is 1620 g/mol. The summed E-state index contributed by atoms with van der Waals surface area (Å²) in [5.74, 6) is 0.182. The molecular weight excluding hydrogens is 1550 g/mol. The van der Waals surface area contributed by atoms with Gasteiger partial charge in [0.2, 0.25) is 0 Å². The zero-order valence-corrected chi connectivity index (χ0v) is 63.9. The van der Waals surface area contributed by atoms with Gasteiger partial charge < -0.3 is 37.5 Å². The van der Waals surface area contributed by atoms with Crippen LogP contribution in [0.5, 0.6) is 0 Å². The fourth-order valence-corrected chi connectivity index (χ4v) is 10.7. The summed E-state index contributed by atoms with van der Waals surface area (Å²) in [6, 6.07) is 27.4. The van der Waals surface area contributed by atoms with Gasteiger partial charge in [-0.3, -0.25) is 47.6 Å². The van der Waals surface area contributed by atoms with E-state index in [4.69, 9.17) is 28.8 Å². The molecule has 550 valence electrons. The van der Waals surface area contributed by atoms with Gasteiger partial charge >= 0.3 is 58.1 Å². The Bertz CT molecular complexity index is 4930. The number of ether oxygens (including phenoxy) is 2. The number of carbonyl (C=O) groups excluding carboxylic acids is 3. The molecule has 28 nitrogen and oxygen atoms in total. The molecule has 0 aromatic carbocycles. The average Bonchev–Trinajstić information content (AvgIpc) is 1.60. The summed E-state index contributed by atoms with van der Waals surface area (Å²) in [7, 11) is 2.62. The maximum absolute atomic E-state index is 13.0. The Morgan fingerprint density at radius 3 is 1.50 bits per heavy atom. The molecule has 0 amide bonds. The molecule has 5 aliphatic rings. The number of nitrogen functional groups attached to an aromatic ring is 2. The Balaban J connectivity index is 0.000000268. The number of halogens is 6. The molecule has 11 aromatic heterocycles. The zero-order valence-electron chi connectivity index (χ0n) is 55.6. The van der Waals surface area contributed by atoms with Gasteiger partial charge in [-0.25, -0.2) is 54.1 Å². The summed E-state index contributed by atoms with van der Waals surface area (Å²) < 4.78 is 26.1. The van der Waals surface area contributed by atoms with Crippen molar-refractivity contribution < 1.29 is 63.5 Å². The van der Waals surface area contributed by atoms with Crippen LogP contribution in [0.4, 0.5) is 17.2 Å². The molecular formula is C69H77BrCl5N19NaO9P. The second kappa shape index (κ2) is 42.7. The van der Waals surface area contributed by atoms with Crippen LogP contribution in [0.15, 0.2) is 180 Å². The molecule has 0 bridgehead atoms. The number of nitrogens with one attached hydrogen (secondary N) is 1. The van der Waals surface area contributed by atoms with E-state index in [1.165, 1.54) is 26.4 Å². The molecule has 4 saturated carbocycles. The van der Waals surface area contributed by atoms with Gasteiger partial charge in [-0.2, -0.15) is 0 Å². The maximum Gasteiger partial charge on any atom is 1.00 e. The van der Waals surface area contributed by atoms with Crippen LogP contribution in [-0.4, -0.2) is 123 Å². The molecule has 8 N–H and O–H groups in total. The molecule has 16 rings (SSSR count). The van der Waals surface area contributed by atoms with Crippen molar-refractivity contribution in [2.24, 2.45) is 5.73 Å². The number of pyridine rings is 7. The number of nitrogens with two attached hydrogens (primary N) is 3. The van der Waals surface area contributed by atoms with Crippen LogP contribution in [0.2, 0.25) is 5.15 Å². The van der Waals surface area contributed by atoms with Crippen LogP contribution in [0, 0.1) is 0 Å². The van der Waals surface area contributed by atoms with Gasteiger partial charge in [-0.1, -0.05) is 39.1 Å². The van der Waals surface area contributed by atoms with Crippen LogP contribution < -0.4 is 63.5 Å². The van der Waals surface area contributed by atoms with Crippen LogP contribution in [0.25, 0.3) is 56.8 Å². The number of allylic oxidation sites excluding steroid dienone is 1. The van der Waals surface area contributed by atoms with Gasteiger partial charge in [0, 0.05) is 111 Å². The van der Waals surface area contributed by atoms with Crippen molar-refractivity contribution in [2.45, 2.75) is 109 Å². The molecule has 0 unspecified atom stereocenters. The predicted octanol–water partition coefficient (Wildman–Crippen LogP) is 10.7. The molecule has 0 spiro atoms. The molecule has 11 aromatic rings. The van der Waals surface area contributed by atoms with Gasteiger partial charge in [-0.15, -0.1) is 12.4 Å². The molecule has 36 heteroatoms. The molecule has 0 atom stereocenters. The number of ketones is 1. The molecule has 0 saturated heterocycles. The summed E-state index contributed by atoms with van der Waals surface area (Å²) >= 11 is 22.7. The second-order valence-corrected chi connectivity index (χ2v) is 30.3. The number of esters is 2. The smallest absolute Gasteiger partial charge is 0.870 e. The van der Waals surface area contributed by atoms with E-state index in [0.29, 0.717) is 50.6 Å². The normalized spacial score (nSPS) is 16.0. The topological polar surface area (TPSA) is 402 Å². The quantitative estimate of drug-likeness (QED) is 0.0343. The summed E-state index contributed by atoms with van der Waals surface area (Å²) in [6.45, 7) is 3.16. The minimum atomic E-state index is -3.22. The Kier molecular flexibility index (Phi) is 36.1. The first-order chi connectivity index (χ1) is 48.1. The van der Waals surface area contributed by atoms with Crippen LogP contribution in [0.1, 0.15) is 107 Å². The van der Waals surface area contributed by atoms with E-state index in [1.54, 1.807) is 103 Å². The van der Waals surface area contributed by atoms with Gasteiger partial charge in [0.25, 0.3) is 0 Å². The van der Waals surface area contributed by atoms with Crippen molar-refractivity contribution in [1.29, 1.82) is 0 Å². The predicted molar refractivity (Wildman–Crippen MR) is 414 cm³/mol. The summed E-state index contributed by atoms with van der Waals surface area (Å²) in [6.07, 6.45) is 30.6. The number of nitrogens with zero attached hydrogens (tertiary/aromatic N) is 15. The molecule has 0 aliphatic heterocycles. The number of rotatable bonds is 9. The Morgan fingerprint density at radius 1 is 0.590 bits per heavy atom. The second-order valence-electron chi connectivity index (χ2n) is 22.5. The standard InChI is InChI=1S/C20H19N7O.C12H15N5O.C9H10N2O2.C9H7NO.C8H5ClN2.C5H5BrN2.C4H6O2.2CH4.Cl3OP.ClH.Na.H2O/c28-20-26(13-3-4-13)18-19(23-9-8-22-18)27(20)14-10-12(11-14)24-17-6-5-15-16(25-17)2-1-7-21-15;13-7-5-9(6-7)17-11-10(14-3-4-15-11)16(12(17)18)8-1-2-8;1-13-9(12)5-4-8-7(10)3-2-6-11-8;11-8-3-4-9-7(6-8)2-1-5-10-9;9-8-4-3-6-7(11-8)2-1-5-10-6;6-5-4(7)2-1-3-8-5;1-3-4(5)6-2;;;1-5(2,3)4;;;/h1-2,5-9,12-14H,3-4,10-11H2,(H,24,25);3-4,7-9H,1-2,5-6,13H2;2-6H,10H2,1H3;1-5H,6H2;1-5H;1-3H,7H2;3H,1H2,2H3;2*1H4;;1H;;1H2/q;;;;;;;;;;;+1;/p-1/b;;5-4+;;;;;;;;;;. The van der Waals surface area contributed by atoms with E-state index in [-0.39, 0.29) is 110 Å². The summed E-state index contributed by atoms with van der Waals surface area (Å²) in [4.78, 5) is 104. The zero-order chi connectivity index (χ0) is 71.5. The molecule has 0 radical (unpaired) electrons. The van der Waals surface area contributed by atoms with Crippen molar-refractivity contribution >= 4 is 171 Å². The number of carbonyl (C=O) groups is 3. The Labute approximate surface area is 660 Å². The minimum absolute atomic E-state index is 0. The number of hydrogen-bond acceptors (Lipinski definition) is 24. The van der Waals surface area contributed by atoms with Gasteiger partial charge in [0.05, 0.1) is 59.0 Å². The van der Waals surface area contributed by atoms with Gasteiger partial charge in [-0.05, 0) is 204 Å². The first-order valence-electron chi connectivity index (χ1n) is 31.0. The van der Waals surface area contributed by atoms with E-state index in [2.05, 4.69) is 126 Å². The molecule has 5 aliphatic carbocycles. The van der Waals surface area contributed by atoms with E-state index >= 15 is 0 Å². The number of anilines is 3. The first-order valence-corrected chi connectivity index (χ1v) is 36.5. The molecule has 105 heavy (non-hydrogen) atoms. The largest absolute Gasteiger partial charge is 1.00 e. The van der Waals surface area contributed by atoms with Crippen LogP contribution in [-0.2, 0) is 34.8 Å².